The molecule has 0 bridgehead atoms. The van der Waals surface area contributed by atoms with Gasteiger partial charge in [-0.1, -0.05) is 82.9 Å². The summed E-state index contributed by atoms with van der Waals surface area (Å²) in [5.41, 5.74) is 3.48. The average molecular weight is 1130 g/mol. The molecule has 4 aromatic heterocycles. The van der Waals surface area contributed by atoms with Gasteiger partial charge in [-0.15, -0.1) is 0 Å². The Morgan fingerprint density at radius 2 is 1.10 bits per heavy atom. The van der Waals surface area contributed by atoms with E-state index in [4.69, 9.17) is 33.2 Å². The molecular weight excluding hydrogens is 1100 g/mol. The summed E-state index contributed by atoms with van der Waals surface area (Å²) in [4.78, 5) is 8.92. The van der Waals surface area contributed by atoms with Crippen LogP contribution in [0.2, 0.25) is 10.0 Å². The molecule has 0 spiro atoms. The minimum Gasteiger partial charge on any atom is -0.423 e. The Balaban J connectivity index is 0.000000166. The number of hydrogen-bond acceptors (Lipinski definition) is 8. The Morgan fingerprint density at radius 1 is 0.650 bits per heavy atom. The smallest absolute Gasteiger partial charge is 0.423 e. The van der Waals surface area contributed by atoms with Crippen molar-refractivity contribution in [3.63, 3.8) is 0 Å². The SMILES string of the molecule is Cc1ccc(S(=O)(=O)n2cc(-c3cccc(F)c3Cl)c3cc(Br)cnc32)cc1.Cc1ccc(S(=O)(=O)n2cc(I)c3cc(Br)cnc32)cc1.OB(O)c1cccc(F)c1Cl. The van der Waals surface area contributed by atoms with Gasteiger partial charge in [0.15, 0.2) is 11.3 Å². The van der Waals surface area contributed by atoms with Crippen molar-refractivity contribution >= 4 is 132 Å². The highest BCUT2D eigenvalue weighted by Gasteiger charge is 2.25. The van der Waals surface area contributed by atoms with E-state index in [9.17, 15) is 25.6 Å². The van der Waals surface area contributed by atoms with Crippen LogP contribution >= 0.6 is 77.7 Å². The van der Waals surface area contributed by atoms with Gasteiger partial charge in [-0.3, -0.25) is 0 Å². The Bertz CT molecular complexity index is 3130. The maximum atomic E-state index is 14.0. The van der Waals surface area contributed by atoms with Gasteiger partial charge in [0.1, 0.15) is 11.6 Å². The molecule has 4 heterocycles. The van der Waals surface area contributed by atoms with Crippen molar-refractivity contribution in [1.29, 1.82) is 0 Å². The van der Waals surface area contributed by atoms with Crippen LogP contribution < -0.4 is 5.46 Å². The van der Waals surface area contributed by atoms with Crippen LogP contribution in [0.15, 0.2) is 141 Å². The number of pyridine rings is 2. The summed E-state index contributed by atoms with van der Waals surface area (Å²) in [5.74, 6) is -1.23. The van der Waals surface area contributed by atoms with E-state index in [1.165, 1.54) is 40.6 Å². The fraction of sp³-hybridized carbons (Fsp3) is 0.0500. The van der Waals surface area contributed by atoms with Gasteiger partial charge in [0.2, 0.25) is 0 Å². The number of aryl methyl sites for hydroxylation is 2. The third-order valence-corrected chi connectivity index (χ3v) is 14.6. The van der Waals surface area contributed by atoms with Gasteiger partial charge in [0.25, 0.3) is 20.0 Å². The fourth-order valence-corrected chi connectivity index (χ4v) is 10.4. The lowest BCUT2D eigenvalue weighted by molar-refractivity contribution is 0.425. The van der Waals surface area contributed by atoms with Gasteiger partial charge in [0.05, 0.1) is 19.8 Å². The number of aromatic nitrogens is 4. The summed E-state index contributed by atoms with van der Waals surface area (Å²) < 4.78 is 83.3. The Kier molecular flexibility index (Phi) is 14.3. The predicted molar refractivity (Wildman–Crippen MR) is 247 cm³/mol. The van der Waals surface area contributed by atoms with Crippen molar-refractivity contribution in [2.24, 2.45) is 0 Å². The molecular formula is C40H28BBr2Cl2F2IN4O6S2. The highest BCUT2D eigenvalue weighted by atomic mass is 127. The Labute approximate surface area is 384 Å². The lowest BCUT2D eigenvalue weighted by atomic mass is 9.80. The van der Waals surface area contributed by atoms with Crippen LogP contribution in [-0.4, -0.2) is 51.9 Å². The number of halogens is 7. The van der Waals surface area contributed by atoms with Crippen LogP contribution in [0.3, 0.4) is 0 Å². The number of fused-ring (bicyclic) bond motifs is 2. The molecule has 0 saturated carbocycles. The number of hydrogen-bond donors (Lipinski definition) is 2. The quantitative estimate of drug-likeness (QED) is 0.124. The zero-order chi connectivity index (χ0) is 43.7. The van der Waals surface area contributed by atoms with Crippen LogP contribution in [0.5, 0.6) is 0 Å². The van der Waals surface area contributed by atoms with Gasteiger partial charge in [0, 0.05) is 64.7 Å². The number of rotatable bonds is 6. The van der Waals surface area contributed by atoms with Gasteiger partial charge < -0.3 is 10.0 Å². The van der Waals surface area contributed by atoms with E-state index >= 15 is 0 Å². The molecule has 8 rings (SSSR count). The topological polar surface area (TPSA) is 144 Å². The van der Waals surface area contributed by atoms with Crippen LogP contribution in [0.4, 0.5) is 8.78 Å². The van der Waals surface area contributed by atoms with E-state index in [1.807, 2.05) is 19.9 Å². The van der Waals surface area contributed by atoms with Crippen molar-refractivity contribution in [2.45, 2.75) is 23.6 Å². The lowest BCUT2D eigenvalue weighted by Gasteiger charge is -2.07. The van der Waals surface area contributed by atoms with E-state index in [1.54, 1.807) is 73.1 Å². The van der Waals surface area contributed by atoms with Crippen LogP contribution in [0.25, 0.3) is 33.2 Å². The van der Waals surface area contributed by atoms with E-state index in [0.717, 1.165) is 34.6 Å². The largest absolute Gasteiger partial charge is 0.490 e. The van der Waals surface area contributed by atoms with Crippen LogP contribution in [0.1, 0.15) is 11.1 Å². The van der Waals surface area contributed by atoms with E-state index < -0.39 is 38.8 Å². The average Bonchev–Trinajstić information content (AvgIpc) is 3.75. The summed E-state index contributed by atoms with van der Waals surface area (Å²) in [6, 6.07) is 25.2. The second-order valence-corrected chi connectivity index (χ2v) is 20.3. The van der Waals surface area contributed by atoms with Crippen LogP contribution in [0, 0.1) is 29.1 Å². The standard InChI is InChI=1S/C20H13BrClFN2O2S.C14H10BrIN2O2S.C6H5BClFO2/c1-12-5-7-14(8-6-12)28(26,27)25-11-17(15-3-2-4-18(23)19(15)22)16-9-13(21)10-24-20(16)25;1-9-2-4-11(5-3-9)21(19,20)18-8-13(16)12-6-10(15)7-17-14(12)18;8-6-4(7(10)11)2-1-3-5(6)9/h2-11H,1H3;2-8H,1H3;1-3,10-11H. The summed E-state index contributed by atoms with van der Waals surface area (Å²) in [6.45, 7) is 3.80. The van der Waals surface area contributed by atoms with Gasteiger partial charge in [-0.25, -0.2) is 43.5 Å². The molecule has 0 amide bonds. The number of nitrogens with zero attached hydrogens (tertiary/aromatic N) is 4. The molecule has 4 aromatic carbocycles. The zero-order valence-corrected chi connectivity index (χ0v) is 39.4. The van der Waals surface area contributed by atoms with E-state index in [-0.39, 0.29) is 30.9 Å². The van der Waals surface area contributed by atoms with Gasteiger partial charge in [-0.05, 0) is 117 Å². The minimum absolute atomic E-state index is 0.0216. The third-order valence-electron chi connectivity index (χ3n) is 8.77. The molecule has 0 radical (unpaired) electrons. The normalized spacial score (nSPS) is 11.5. The molecule has 308 valence electrons. The van der Waals surface area contributed by atoms with Crippen molar-refractivity contribution in [1.82, 2.24) is 17.9 Å². The third kappa shape index (κ3) is 9.66. The predicted octanol–water partition coefficient (Wildman–Crippen LogP) is 9.91. The first kappa shape index (κ1) is 45.8. The van der Waals surface area contributed by atoms with Crippen molar-refractivity contribution in [3.05, 3.63) is 167 Å². The van der Waals surface area contributed by atoms with Crippen LogP contribution in [-0.2, 0) is 20.0 Å². The van der Waals surface area contributed by atoms with Crippen molar-refractivity contribution < 1.29 is 35.7 Å². The second-order valence-electron chi connectivity index (χ2n) is 12.9. The summed E-state index contributed by atoms with van der Waals surface area (Å²) in [7, 11) is -9.27. The molecule has 0 saturated heterocycles. The number of benzene rings is 4. The molecule has 60 heavy (non-hydrogen) atoms. The highest BCUT2D eigenvalue weighted by molar-refractivity contribution is 14.1. The summed E-state index contributed by atoms with van der Waals surface area (Å²) in [6.07, 6.45) is 6.14. The first-order valence-corrected chi connectivity index (χ1v) is 23.5. The molecule has 0 fully saturated rings. The Morgan fingerprint density at radius 3 is 1.60 bits per heavy atom. The maximum Gasteiger partial charge on any atom is 0.490 e. The minimum atomic E-state index is -3.90. The lowest BCUT2D eigenvalue weighted by Crippen LogP contribution is -2.31. The maximum absolute atomic E-state index is 14.0. The molecule has 8 aromatic rings. The molecule has 2 N–H and O–H groups in total. The summed E-state index contributed by atoms with van der Waals surface area (Å²) >= 11 is 20.4. The summed E-state index contributed by atoms with van der Waals surface area (Å²) in [5, 5.41) is 18.3. The highest BCUT2D eigenvalue weighted by Crippen LogP contribution is 2.38. The van der Waals surface area contributed by atoms with E-state index in [0.29, 0.717) is 26.6 Å². The monoisotopic (exact) mass is 1130 g/mol. The first-order valence-electron chi connectivity index (χ1n) is 17.2. The molecule has 0 unspecified atom stereocenters. The molecule has 0 aliphatic carbocycles. The second kappa shape index (κ2) is 18.7. The molecule has 0 aliphatic rings. The molecule has 0 aliphatic heterocycles. The molecule has 20 heteroatoms. The molecule has 10 nitrogen and oxygen atoms in total. The first-order chi connectivity index (χ1) is 28.3. The Hall–Kier alpha value is -3.73. The van der Waals surface area contributed by atoms with Crippen molar-refractivity contribution in [3.8, 4) is 11.1 Å². The van der Waals surface area contributed by atoms with E-state index in [2.05, 4.69) is 64.4 Å². The fourth-order valence-electron chi connectivity index (χ4n) is 5.73. The van der Waals surface area contributed by atoms with Gasteiger partial charge >= 0.3 is 7.12 Å². The molecule has 0 atom stereocenters. The van der Waals surface area contributed by atoms with Gasteiger partial charge in [-0.2, -0.15) is 0 Å². The zero-order valence-electron chi connectivity index (χ0n) is 30.9. The van der Waals surface area contributed by atoms with Crippen molar-refractivity contribution in [2.75, 3.05) is 0 Å².